The first kappa shape index (κ1) is 20.5. The van der Waals surface area contributed by atoms with Crippen LogP contribution in [0.2, 0.25) is 0 Å². The second kappa shape index (κ2) is 11.9. The Morgan fingerprint density at radius 2 is 1.04 bits per heavy atom. The van der Waals surface area contributed by atoms with E-state index in [4.69, 9.17) is 19.9 Å². The van der Waals surface area contributed by atoms with Gasteiger partial charge in [0, 0.05) is 0 Å². The summed E-state index contributed by atoms with van der Waals surface area (Å²) < 4.78 is 14.4. The Hall–Kier alpha value is -3.56. The van der Waals surface area contributed by atoms with E-state index in [0.29, 0.717) is 17.2 Å². The van der Waals surface area contributed by atoms with Crippen molar-refractivity contribution in [3.05, 3.63) is 49.3 Å². The number of aromatic nitrogens is 6. The van der Waals surface area contributed by atoms with Gasteiger partial charge in [-0.1, -0.05) is 0 Å². The Balaban J connectivity index is 0.000000195. The molecule has 0 radical (unpaired) electrons. The molecule has 0 saturated heterocycles. The number of nitrogen functional groups attached to an aromatic ring is 1. The van der Waals surface area contributed by atoms with Crippen LogP contribution in [0.15, 0.2) is 43.5 Å². The van der Waals surface area contributed by atoms with E-state index in [1.165, 1.54) is 18.7 Å². The number of nitrogens with two attached hydrogens (primary N) is 1. The summed E-state index contributed by atoms with van der Waals surface area (Å²) in [5.74, 6) is 3.02. The van der Waals surface area contributed by atoms with Gasteiger partial charge in [0.2, 0.25) is 5.95 Å². The Morgan fingerprint density at radius 3 is 1.42 bits per heavy atom. The molecule has 0 aromatic carbocycles. The molecule has 10 heteroatoms. The lowest BCUT2D eigenvalue weighted by atomic mass is 10.6. The fourth-order valence-corrected chi connectivity index (χ4v) is 1.31. The van der Waals surface area contributed by atoms with E-state index in [9.17, 15) is 0 Å². The third kappa shape index (κ3) is 8.34. The van der Waals surface area contributed by atoms with E-state index in [-0.39, 0.29) is 5.95 Å². The summed E-state index contributed by atoms with van der Waals surface area (Å²) in [6.07, 6.45) is 11.0. The molecule has 0 aliphatic rings. The molecule has 3 aromatic rings. The van der Waals surface area contributed by atoms with E-state index in [1.54, 1.807) is 46.1 Å². The normalized spacial score (nSPS) is 8.92. The van der Waals surface area contributed by atoms with E-state index >= 15 is 0 Å². The Morgan fingerprint density at radius 1 is 0.654 bits per heavy atom. The lowest BCUT2D eigenvalue weighted by Crippen LogP contribution is -1.93. The summed E-state index contributed by atoms with van der Waals surface area (Å²) in [7, 11) is 4.72. The summed E-state index contributed by atoms with van der Waals surface area (Å²) in [5.41, 5.74) is 5.20. The molecule has 0 saturated carbocycles. The van der Waals surface area contributed by atoms with Gasteiger partial charge in [-0.3, -0.25) is 0 Å². The van der Waals surface area contributed by atoms with Gasteiger partial charge in [-0.15, -0.1) is 0 Å². The van der Waals surface area contributed by atoms with Crippen LogP contribution in [0, 0.1) is 6.92 Å². The number of methoxy groups -OCH3 is 3. The highest BCUT2D eigenvalue weighted by molar-refractivity contribution is 5.20. The SMILES string of the molecule is COc1cnc(C)nc1.COc1cnc(N)nc1.COc1cncnc1. The van der Waals surface area contributed by atoms with Crippen LogP contribution in [0.1, 0.15) is 5.82 Å². The highest BCUT2D eigenvalue weighted by Gasteiger charge is 1.89. The van der Waals surface area contributed by atoms with Crippen LogP contribution in [0.25, 0.3) is 0 Å². The van der Waals surface area contributed by atoms with Gasteiger partial charge >= 0.3 is 0 Å². The Kier molecular flexibility index (Phi) is 9.37. The van der Waals surface area contributed by atoms with Crippen molar-refractivity contribution in [3.63, 3.8) is 0 Å². The number of ether oxygens (including phenoxy) is 3. The van der Waals surface area contributed by atoms with Crippen molar-refractivity contribution in [3.8, 4) is 17.2 Å². The van der Waals surface area contributed by atoms with Crippen LogP contribution >= 0.6 is 0 Å². The quantitative estimate of drug-likeness (QED) is 0.730. The minimum Gasteiger partial charge on any atom is -0.494 e. The van der Waals surface area contributed by atoms with Crippen molar-refractivity contribution in [2.75, 3.05) is 27.1 Å². The van der Waals surface area contributed by atoms with Crippen molar-refractivity contribution in [2.45, 2.75) is 6.92 Å². The maximum Gasteiger partial charge on any atom is 0.220 e. The Bertz CT molecular complexity index is 680. The van der Waals surface area contributed by atoms with Gasteiger partial charge in [0.15, 0.2) is 17.2 Å². The van der Waals surface area contributed by atoms with E-state index in [0.717, 1.165) is 5.82 Å². The smallest absolute Gasteiger partial charge is 0.220 e. The van der Waals surface area contributed by atoms with Crippen LogP contribution < -0.4 is 19.9 Å². The topological polar surface area (TPSA) is 131 Å². The lowest BCUT2D eigenvalue weighted by Gasteiger charge is -1.95. The number of nitrogens with zero attached hydrogens (tertiary/aromatic N) is 6. The highest BCUT2D eigenvalue weighted by atomic mass is 16.5. The van der Waals surface area contributed by atoms with Crippen molar-refractivity contribution in [2.24, 2.45) is 0 Å². The zero-order valence-electron chi connectivity index (χ0n) is 15.0. The van der Waals surface area contributed by atoms with Crippen molar-refractivity contribution in [1.29, 1.82) is 0 Å². The van der Waals surface area contributed by atoms with Crippen molar-refractivity contribution >= 4 is 5.95 Å². The molecule has 0 bridgehead atoms. The van der Waals surface area contributed by atoms with Gasteiger partial charge < -0.3 is 19.9 Å². The monoisotopic (exact) mass is 359 g/mol. The molecule has 0 aliphatic heterocycles. The maximum atomic E-state index is 5.20. The van der Waals surface area contributed by atoms with E-state index in [1.807, 2.05) is 6.92 Å². The third-order valence-corrected chi connectivity index (χ3v) is 2.65. The number of anilines is 1. The third-order valence-electron chi connectivity index (χ3n) is 2.65. The van der Waals surface area contributed by atoms with Crippen LogP contribution in [0.4, 0.5) is 5.95 Å². The highest BCUT2D eigenvalue weighted by Crippen LogP contribution is 2.04. The fourth-order valence-electron chi connectivity index (χ4n) is 1.31. The van der Waals surface area contributed by atoms with Gasteiger partial charge in [0.05, 0.1) is 58.5 Å². The summed E-state index contributed by atoms with van der Waals surface area (Å²) in [6, 6.07) is 0. The van der Waals surface area contributed by atoms with Gasteiger partial charge in [0.25, 0.3) is 0 Å². The zero-order valence-corrected chi connectivity index (χ0v) is 15.0. The van der Waals surface area contributed by atoms with E-state index < -0.39 is 0 Å². The average molecular weight is 359 g/mol. The van der Waals surface area contributed by atoms with Crippen molar-refractivity contribution < 1.29 is 14.2 Å². The molecule has 10 nitrogen and oxygen atoms in total. The molecule has 2 N–H and O–H groups in total. The lowest BCUT2D eigenvalue weighted by molar-refractivity contribution is 0.410. The fraction of sp³-hybridized carbons (Fsp3) is 0.250. The van der Waals surface area contributed by atoms with Crippen LogP contribution in [-0.4, -0.2) is 51.2 Å². The maximum absolute atomic E-state index is 5.20. The van der Waals surface area contributed by atoms with Crippen LogP contribution in [0.5, 0.6) is 17.2 Å². The summed E-state index contributed by atoms with van der Waals surface area (Å²) in [5, 5.41) is 0. The summed E-state index contributed by atoms with van der Waals surface area (Å²) in [4.78, 5) is 22.6. The zero-order chi connectivity index (χ0) is 19.2. The number of hydrogen-bond donors (Lipinski definition) is 1. The first-order chi connectivity index (χ1) is 12.6. The number of hydrogen-bond acceptors (Lipinski definition) is 10. The minimum absolute atomic E-state index is 0.260. The molecule has 3 heterocycles. The van der Waals surface area contributed by atoms with E-state index in [2.05, 4.69) is 29.9 Å². The molecule has 0 fully saturated rings. The molecule has 0 atom stereocenters. The summed E-state index contributed by atoms with van der Waals surface area (Å²) >= 11 is 0. The second-order valence-corrected chi connectivity index (χ2v) is 4.43. The average Bonchev–Trinajstić information content (AvgIpc) is 2.71. The van der Waals surface area contributed by atoms with Crippen LogP contribution in [-0.2, 0) is 0 Å². The predicted octanol–water partition coefficient (Wildman–Crippen LogP) is 1.35. The number of aryl methyl sites for hydroxylation is 1. The molecular formula is C16H21N7O3. The Labute approximate surface area is 151 Å². The first-order valence-corrected chi connectivity index (χ1v) is 7.32. The molecule has 0 amide bonds. The molecule has 0 unspecified atom stereocenters. The van der Waals surface area contributed by atoms with Crippen molar-refractivity contribution in [1.82, 2.24) is 29.9 Å². The molecular weight excluding hydrogens is 338 g/mol. The molecule has 0 aliphatic carbocycles. The molecule has 26 heavy (non-hydrogen) atoms. The number of rotatable bonds is 3. The minimum atomic E-state index is 0.260. The molecule has 0 spiro atoms. The standard InChI is InChI=1S/C6H8N2O.C5H7N3O.C5H6N2O/c1-5-7-3-6(9-2)4-8-5;1-9-4-2-7-5(6)8-3-4;1-8-5-2-6-4-7-3-5/h3-4H,1-2H3;2-3H,1H3,(H2,6,7,8);2-4H,1H3. The van der Waals surface area contributed by atoms with Gasteiger partial charge in [-0.2, -0.15) is 0 Å². The van der Waals surface area contributed by atoms with Gasteiger partial charge in [0.1, 0.15) is 12.2 Å². The largest absolute Gasteiger partial charge is 0.494 e. The molecule has 138 valence electrons. The second-order valence-electron chi connectivity index (χ2n) is 4.43. The molecule has 3 aromatic heterocycles. The summed E-state index contributed by atoms with van der Waals surface area (Å²) in [6.45, 7) is 1.83. The predicted molar refractivity (Wildman–Crippen MR) is 94.9 cm³/mol. The van der Waals surface area contributed by atoms with Crippen LogP contribution in [0.3, 0.4) is 0 Å². The van der Waals surface area contributed by atoms with Gasteiger partial charge in [-0.05, 0) is 6.92 Å². The van der Waals surface area contributed by atoms with Gasteiger partial charge in [-0.25, -0.2) is 29.9 Å². The first-order valence-electron chi connectivity index (χ1n) is 7.32. The molecule has 3 rings (SSSR count).